The SMILES string of the molecule is CC1CCc2sc(C(=O)NNC(=O)CCc3ncc(-c4ccc(F)cc4F)o3)cc2C1. The van der Waals surface area contributed by atoms with Crippen molar-refractivity contribution in [2.75, 3.05) is 0 Å². The number of carbonyl (C=O) groups is 2. The molecule has 31 heavy (non-hydrogen) atoms. The second kappa shape index (κ2) is 8.97. The fourth-order valence-electron chi connectivity index (χ4n) is 3.53. The van der Waals surface area contributed by atoms with Gasteiger partial charge >= 0.3 is 0 Å². The van der Waals surface area contributed by atoms with Crippen molar-refractivity contribution in [3.63, 3.8) is 0 Å². The van der Waals surface area contributed by atoms with Crippen LogP contribution in [0.5, 0.6) is 0 Å². The van der Waals surface area contributed by atoms with Gasteiger partial charge in [-0.15, -0.1) is 11.3 Å². The lowest BCUT2D eigenvalue weighted by Crippen LogP contribution is -2.41. The molecule has 1 aromatic carbocycles. The van der Waals surface area contributed by atoms with Crippen LogP contribution in [-0.2, 0) is 24.1 Å². The topological polar surface area (TPSA) is 84.2 Å². The standard InChI is InChI=1S/C22H21F2N3O3S/c1-12-2-5-18-13(8-12)9-19(31-18)22(29)27-26-20(28)6-7-21-25-11-17(30-21)15-4-3-14(23)10-16(15)24/h3-4,9-12H,2,5-8H2,1H3,(H,26,28)(H,27,29). The Hall–Kier alpha value is -3.07. The smallest absolute Gasteiger partial charge is 0.279 e. The number of hydrogen-bond donors (Lipinski definition) is 2. The average molecular weight is 445 g/mol. The van der Waals surface area contributed by atoms with Crippen LogP contribution in [0.15, 0.2) is 34.9 Å². The summed E-state index contributed by atoms with van der Waals surface area (Å²) in [5.41, 5.74) is 6.13. The lowest BCUT2D eigenvalue weighted by atomic mass is 9.90. The predicted molar refractivity (Wildman–Crippen MR) is 111 cm³/mol. The molecule has 1 atom stereocenters. The number of fused-ring (bicyclic) bond motifs is 1. The highest BCUT2D eigenvalue weighted by molar-refractivity contribution is 7.14. The van der Waals surface area contributed by atoms with Gasteiger partial charge in [-0.1, -0.05) is 6.92 Å². The molecule has 3 aromatic rings. The van der Waals surface area contributed by atoms with E-state index >= 15 is 0 Å². The third-order valence-electron chi connectivity index (χ3n) is 5.18. The molecule has 0 spiro atoms. The van der Waals surface area contributed by atoms with Gasteiger partial charge in [0.15, 0.2) is 11.7 Å². The van der Waals surface area contributed by atoms with Crippen molar-refractivity contribution < 1.29 is 22.8 Å². The van der Waals surface area contributed by atoms with Gasteiger partial charge in [0.1, 0.15) is 11.6 Å². The molecule has 2 heterocycles. The molecule has 1 aliphatic carbocycles. The highest BCUT2D eigenvalue weighted by Crippen LogP contribution is 2.32. The first kappa shape index (κ1) is 21.2. The third-order valence-corrected chi connectivity index (χ3v) is 6.42. The quantitative estimate of drug-likeness (QED) is 0.577. The molecule has 2 N–H and O–H groups in total. The number of halogens is 2. The van der Waals surface area contributed by atoms with E-state index in [4.69, 9.17) is 4.42 Å². The molecule has 0 aliphatic heterocycles. The van der Waals surface area contributed by atoms with Crippen LogP contribution in [0.3, 0.4) is 0 Å². The Morgan fingerprint density at radius 1 is 1.26 bits per heavy atom. The van der Waals surface area contributed by atoms with Gasteiger partial charge in [-0.25, -0.2) is 13.8 Å². The van der Waals surface area contributed by atoms with Crippen LogP contribution >= 0.6 is 11.3 Å². The number of amides is 2. The molecule has 1 unspecified atom stereocenters. The van der Waals surface area contributed by atoms with E-state index in [1.807, 2.05) is 6.07 Å². The highest BCUT2D eigenvalue weighted by atomic mass is 32.1. The lowest BCUT2D eigenvalue weighted by Gasteiger charge is -2.16. The summed E-state index contributed by atoms with van der Waals surface area (Å²) in [6.45, 7) is 2.20. The summed E-state index contributed by atoms with van der Waals surface area (Å²) in [5, 5.41) is 0. The van der Waals surface area contributed by atoms with Crippen molar-refractivity contribution in [2.45, 2.75) is 39.0 Å². The summed E-state index contributed by atoms with van der Waals surface area (Å²) in [6.07, 6.45) is 4.60. The maximum Gasteiger partial charge on any atom is 0.279 e. The molecule has 9 heteroatoms. The first-order valence-electron chi connectivity index (χ1n) is 10.00. The Labute approximate surface area is 181 Å². The van der Waals surface area contributed by atoms with Crippen LogP contribution in [0, 0.1) is 17.6 Å². The molecule has 6 nitrogen and oxygen atoms in total. The van der Waals surface area contributed by atoms with Gasteiger partial charge in [-0.05, 0) is 48.9 Å². The summed E-state index contributed by atoms with van der Waals surface area (Å²) >= 11 is 1.47. The molecule has 4 rings (SSSR count). The minimum Gasteiger partial charge on any atom is -0.441 e. The minimum atomic E-state index is -0.757. The van der Waals surface area contributed by atoms with Gasteiger partial charge in [-0.3, -0.25) is 20.4 Å². The maximum atomic E-state index is 13.8. The number of carbonyl (C=O) groups excluding carboxylic acids is 2. The van der Waals surface area contributed by atoms with Crippen molar-refractivity contribution >= 4 is 23.2 Å². The summed E-state index contributed by atoms with van der Waals surface area (Å²) in [5.74, 6) is -1.18. The number of nitrogens with one attached hydrogen (secondary N) is 2. The van der Waals surface area contributed by atoms with E-state index < -0.39 is 17.5 Å². The van der Waals surface area contributed by atoms with E-state index in [9.17, 15) is 18.4 Å². The maximum absolute atomic E-state index is 13.8. The van der Waals surface area contributed by atoms with Crippen LogP contribution in [-0.4, -0.2) is 16.8 Å². The molecule has 2 amide bonds. The molecular weight excluding hydrogens is 424 g/mol. The van der Waals surface area contributed by atoms with E-state index in [1.165, 1.54) is 34.0 Å². The van der Waals surface area contributed by atoms with Crippen LogP contribution in [0.2, 0.25) is 0 Å². The molecule has 2 aromatic heterocycles. The van der Waals surface area contributed by atoms with Crippen molar-refractivity contribution in [3.05, 3.63) is 63.3 Å². The molecule has 0 radical (unpaired) electrons. The lowest BCUT2D eigenvalue weighted by molar-refractivity contribution is -0.121. The number of hydrogen-bond acceptors (Lipinski definition) is 5. The van der Waals surface area contributed by atoms with Gasteiger partial charge < -0.3 is 4.42 Å². The summed E-state index contributed by atoms with van der Waals surface area (Å²) in [7, 11) is 0. The number of thiophene rings is 1. The van der Waals surface area contributed by atoms with Gasteiger partial charge in [0.25, 0.3) is 5.91 Å². The van der Waals surface area contributed by atoms with Gasteiger partial charge in [0.05, 0.1) is 16.6 Å². The monoisotopic (exact) mass is 445 g/mol. The Bertz CT molecular complexity index is 1130. The van der Waals surface area contributed by atoms with Crippen LogP contribution in [0.1, 0.15) is 45.8 Å². The number of benzene rings is 1. The van der Waals surface area contributed by atoms with Crippen molar-refractivity contribution in [3.8, 4) is 11.3 Å². The second-order valence-corrected chi connectivity index (χ2v) is 8.79. The predicted octanol–water partition coefficient (Wildman–Crippen LogP) is 4.20. The van der Waals surface area contributed by atoms with Crippen molar-refractivity contribution in [1.82, 2.24) is 15.8 Å². The molecule has 0 saturated heterocycles. The van der Waals surface area contributed by atoms with Crippen LogP contribution < -0.4 is 10.9 Å². The van der Waals surface area contributed by atoms with Crippen LogP contribution in [0.25, 0.3) is 11.3 Å². The highest BCUT2D eigenvalue weighted by Gasteiger charge is 2.21. The fourth-order valence-corrected chi connectivity index (χ4v) is 4.63. The molecule has 0 bridgehead atoms. The molecule has 0 fully saturated rings. The van der Waals surface area contributed by atoms with Crippen molar-refractivity contribution in [1.29, 1.82) is 0 Å². The van der Waals surface area contributed by atoms with Gasteiger partial charge in [0, 0.05) is 23.8 Å². The zero-order valence-corrected chi connectivity index (χ0v) is 17.7. The Kier molecular flexibility index (Phi) is 6.13. The third kappa shape index (κ3) is 4.99. The largest absolute Gasteiger partial charge is 0.441 e. The van der Waals surface area contributed by atoms with E-state index in [1.54, 1.807) is 0 Å². The number of oxazole rings is 1. The summed E-state index contributed by atoms with van der Waals surface area (Å²) < 4.78 is 32.3. The van der Waals surface area contributed by atoms with Crippen molar-refractivity contribution in [2.24, 2.45) is 5.92 Å². The summed E-state index contributed by atoms with van der Waals surface area (Å²) in [4.78, 5) is 30.2. The Balaban J connectivity index is 1.27. The normalized spacial score (nSPS) is 15.4. The summed E-state index contributed by atoms with van der Waals surface area (Å²) in [6, 6.07) is 5.06. The molecule has 1 aliphatic rings. The zero-order valence-electron chi connectivity index (χ0n) is 16.8. The molecule has 0 saturated carbocycles. The van der Waals surface area contributed by atoms with Gasteiger partial charge in [-0.2, -0.15) is 0 Å². The Morgan fingerprint density at radius 2 is 2.10 bits per heavy atom. The average Bonchev–Trinajstić information content (AvgIpc) is 3.37. The number of aromatic nitrogens is 1. The molecule has 162 valence electrons. The van der Waals surface area contributed by atoms with E-state index in [-0.39, 0.29) is 36.0 Å². The fraction of sp³-hybridized carbons (Fsp3) is 0.318. The zero-order chi connectivity index (χ0) is 22.0. The number of aryl methyl sites for hydroxylation is 2. The van der Waals surface area contributed by atoms with E-state index in [0.717, 1.165) is 31.4 Å². The van der Waals surface area contributed by atoms with Gasteiger partial charge in [0.2, 0.25) is 5.91 Å². The minimum absolute atomic E-state index is 0.0184. The number of rotatable bonds is 5. The van der Waals surface area contributed by atoms with E-state index in [0.29, 0.717) is 10.8 Å². The first-order valence-corrected chi connectivity index (χ1v) is 10.8. The first-order chi connectivity index (χ1) is 14.9. The van der Waals surface area contributed by atoms with E-state index in [2.05, 4.69) is 22.8 Å². The molecular formula is C22H21F2N3O3S. The Morgan fingerprint density at radius 3 is 2.90 bits per heavy atom. The number of hydrazine groups is 1. The number of nitrogens with zero attached hydrogens (tertiary/aromatic N) is 1. The van der Waals surface area contributed by atoms with Crippen LogP contribution in [0.4, 0.5) is 8.78 Å². The second-order valence-electron chi connectivity index (χ2n) is 7.65.